The molecule has 0 spiro atoms. The van der Waals surface area contributed by atoms with Crippen LogP contribution in [0.5, 0.6) is 0 Å². The van der Waals surface area contributed by atoms with Crippen LogP contribution in [-0.2, 0) is 4.79 Å². The lowest BCUT2D eigenvalue weighted by molar-refractivity contribution is -0.115. The normalized spacial score (nSPS) is 10.6. The van der Waals surface area contributed by atoms with Crippen LogP contribution in [0.1, 0.15) is 15.2 Å². The van der Waals surface area contributed by atoms with E-state index < -0.39 is 0 Å². The Balaban J connectivity index is 1.55. The monoisotopic (exact) mass is 381 g/mol. The van der Waals surface area contributed by atoms with Crippen LogP contribution >= 0.6 is 23.6 Å². The highest BCUT2D eigenvalue weighted by Crippen LogP contribution is 2.19. The minimum atomic E-state index is -0.388. The molecule has 3 N–H and O–H groups in total. The molecule has 0 unspecified atom stereocenters. The third kappa shape index (κ3) is 4.53. The van der Waals surface area contributed by atoms with E-state index in [2.05, 4.69) is 16.2 Å². The molecule has 0 saturated carbocycles. The van der Waals surface area contributed by atoms with Gasteiger partial charge < -0.3 is 0 Å². The number of thiocarbonyl (C=S) groups is 1. The molecule has 0 fully saturated rings. The van der Waals surface area contributed by atoms with Crippen LogP contribution < -0.4 is 16.2 Å². The number of nitrogens with one attached hydrogen (secondary N) is 3. The number of benzene rings is 2. The molecule has 2 amide bonds. The van der Waals surface area contributed by atoms with Crippen LogP contribution in [0, 0.1) is 0 Å². The zero-order valence-corrected chi connectivity index (χ0v) is 15.2. The molecule has 0 atom stereocenters. The van der Waals surface area contributed by atoms with Crippen molar-refractivity contribution in [3.8, 4) is 0 Å². The number of amides is 2. The van der Waals surface area contributed by atoms with Crippen LogP contribution in [0.3, 0.4) is 0 Å². The van der Waals surface area contributed by atoms with Crippen molar-refractivity contribution in [2.75, 3.05) is 0 Å². The smallest absolute Gasteiger partial charge is 0.279 e. The molecule has 0 bridgehead atoms. The van der Waals surface area contributed by atoms with Crippen LogP contribution in [0.15, 0.2) is 66.1 Å². The standard InChI is InChI=1S/C19H15N3O2S2/c23-17(20-19(25)22-21-18(24)16-9-4-12-26-16)11-10-14-7-3-6-13-5-1-2-8-15(13)14/h1-12H,(H,21,24)(H2,20,22,23,25). The van der Waals surface area contributed by atoms with Crippen molar-refractivity contribution >= 4 is 57.3 Å². The zero-order chi connectivity index (χ0) is 18.4. The molecule has 0 aliphatic heterocycles. The lowest BCUT2D eigenvalue weighted by Gasteiger charge is -2.08. The van der Waals surface area contributed by atoms with Gasteiger partial charge in [0, 0.05) is 6.08 Å². The van der Waals surface area contributed by atoms with Gasteiger partial charge in [0.1, 0.15) is 0 Å². The maximum Gasteiger partial charge on any atom is 0.279 e. The van der Waals surface area contributed by atoms with Gasteiger partial charge in [-0.05, 0) is 46.1 Å². The average Bonchev–Trinajstić information content (AvgIpc) is 3.19. The Labute approximate surface area is 159 Å². The van der Waals surface area contributed by atoms with Crippen molar-refractivity contribution in [1.82, 2.24) is 16.2 Å². The maximum atomic E-state index is 12.0. The summed E-state index contributed by atoms with van der Waals surface area (Å²) in [6, 6.07) is 17.3. The number of fused-ring (bicyclic) bond motifs is 1. The van der Waals surface area contributed by atoms with Gasteiger partial charge >= 0.3 is 0 Å². The topological polar surface area (TPSA) is 70.2 Å². The molecule has 0 radical (unpaired) electrons. The number of hydrogen-bond donors (Lipinski definition) is 3. The third-order valence-corrected chi connectivity index (χ3v) is 4.58. The Hall–Kier alpha value is -3.03. The second kappa shape index (κ2) is 8.37. The highest BCUT2D eigenvalue weighted by atomic mass is 32.1. The summed E-state index contributed by atoms with van der Waals surface area (Å²) < 4.78 is 0. The average molecular weight is 381 g/mol. The van der Waals surface area contributed by atoms with Gasteiger partial charge in [-0.15, -0.1) is 11.3 Å². The highest BCUT2D eigenvalue weighted by molar-refractivity contribution is 7.80. The van der Waals surface area contributed by atoms with Crippen molar-refractivity contribution in [2.24, 2.45) is 0 Å². The minimum Gasteiger partial charge on any atom is -0.298 e. The molecule has 3 rings (SSSR count). The van der Waals surface area contributed by atoms with E-state index in [0.717, 1.165) is 16.3 Å². The van der Waals surface area contributed by atoms with Gasteiger partial charge in [0.25, 0.3) is 5.91 Å². The molecule has 0 aliphatic carbocycles. The second-order valence-electron chi connectivity index (χ2n) is 5.28. The van der Waals surface area contributed by atoms with Gasteiger partial charge in [0.05, 0.1) is 4.88 Å². The van der Waals surface area contributed by atoms with Crippen molar-refractivity contribution in [2.45, 2.75) is 0 Å². The molecule has 0 aliphatic rings. The zero-order valence-electron chi connectivity index (χ0n) is 13.6. The maximum absolute atomic E-state index is 12.0. The summed E-state index contributed by atoms with van der Waals surface area (Å²) in [4.78, 5) is 24.3. The Kier molecular flexibility index (Phi) is 5.73. The van der Waals surface area contributed by atoms with E-state index in [1.54, 1.807) is 23.6 Å². The summed E-state index contributed by atoms with van der Waals surface area (Å²) in [6.45, 7) is 0. The Morgan fingerprint density at radius 3 is 2.58 bits per heavy atom. The summed E-state index contributed by atoms with van der Waals surface area (Å²) in [7, 11) is 0. The van der Waals surface area contributed by atoms with Gasteiger partial charge in [-0.3, -0.25) is 25.8 Å². The van der Waals surface area contributed by atoms with Crippen molar-refractivity contribution in [1.29, 1.82) is 0 Å². The molecular formula is C19H15N3O2S2. The number of thiophene rings is 1. The van der Waals surface area contributed by atoms with E-state index in [1.807, 2.05) is 42.5 Å². The van der Waals surface area contributed by atoms with E-state index in [-0.39, 0.29) is 16.9 Å². The van der Waals surface area contributed by atoms with Crippen LogP contribution in [-0.4, -0.2) is 16.9 Å². The van der Waals surface area contributed by atoms with Crippen LogP contribution in [0.2, 0.25) is 0 Å². The number of hydrazine groups is 1. The molecule has 1 heterocycles. The molecule has 130 valence electrons. The molecule has 26 heavy (non-hydrogen) atoms. The second-order valence-corrected chi connectivity index (χ2v) is 6.63. The van der Waals surface area contributed by atoms with Crippen molar-refractivity contribution in [3.05, 3.63) is 76.5 Å². The summed E-state index contributed by atoms with van der Waals surface area (Å²) in [5.74, 6) is -0.705. The number of carbonyl (C=O) groups is 2. The van der Waals surface area contributed by atoms with Gasteiger partial charge in [-0.1, -0.05) is 48.5 Å². The third-order valence-electron chi connectivity index (χ3n) is 3.51. The first kappa shape index (κ1) is 17.8. The predicted octanol–water partition coefficient (Wildman–Crippen LogP) is 3.25. The summed E-state index contributed by atoms with van der Waals surface area (Å²) in [6.07, 6.45) is 3.13. The number of rotatable bonds is 3. The first-order chi connectivity index (χ1) is 12.6. The van der Waals surface area contributed by atoms with Crippen molar-refractivity contribution < 1.29 is 9.59 Å². The minimum absolute atomic E-state index is 0.0162. The molecule has 3 aromatic rings. The van der Waals surface area contributed by atoms with Gasteiger partial charge in [-0.2, -0.15) is 0 Å². The molecule has 2 aromatic carbocycles. The molecule has 1 aromatic heterocycles. The Morgan fingerprint density at radius 1 is 0.962 bits per heavy atom. The highest BCUT2D eigenvalue weighted by Gasteiger charge is 2.07. The van der Waals surface area contributed by atoms with Gasteiger partial charge in [-0.25, -0.2) is 0 Å². The van der Waals surface area contributed by atoms with E-state index in [9.17, 15) is 9.59 Å². The fraction of sp³-hybridized carbons (Fsp3) is 0. The quantitative estimate of drug-likeness (QED) is 0.370. The SMILES string of the molecule is O=C(C=Cc1cccc2ccccc12)NC(=S)NNC(=O)c1cccs1. The molecule has 5 nitrogen and oxygen atoms in total. The van der Waals surface area contributed by atoms with E-state index in [0.29, 0.717) is 4.88 Å². The summed E-state index contributed by atoms with van der Waals surface area (Å²) in [5.41, 5.74) is 5.87. The molecular weight excluding hydrogens is 366 g/mol. The Morgan fingerprint density at radius 2 is 1.77 bits per heavy atom. The van der Waals surface area contributed by atoms with E-state index in [4.69, 9.17) is 12.2 Å². The lowest BCUT2D eigenvalue weighted by Crippen LogP contribution is -2.48. The largest absolute Gasteiger partial charge is 0.298 e. The predicted molar refractivity (Wildman–Crippen MR) is 109 cm³/mol. The summed E-state index contributed by atoms with van der Waals surface area (Å²) >= 11 is 6.31. The van der Waals surface area contributed by atoms with Gasteiger partial charge in [0.15, 0.2) is 5.11 Å². The first-order valence-electron chi connectivity index (χ1n) is 7.74. The Bertz CT molecular complexity index is 976. The molecule has 7 heteroatoms. The van der Waals surface area contributed by atoms with E-state index in [1.165, 1.54) is 17.4 Å². The van der Waals surface area contributed by atoms with Gasteiger partial charge in [0.2, 0.25) is 5.91 Å². The number of hydrogen-bond acceptors (Lipinski definition) is 4. The van der Waals surface area contributed by atoms with Crippen LogP contribution in [0.4, 0.5) is 0 Å². The first-order valence-corrected chi connectivity index (χ1v) is 9.03. The fourth-order valence-corrected chi connectivity index (χ4v) is 3.10. The fourth-order valence-electron chi connectivity index (χ4n) is 2.33. The lowest BCUT2D eigenvalue weighted by atomic mass is 10.0. The van der Waals surface area contributed by atoms with E-state index >= 15 is 0 Å². The van der Waals surface area contributed by atoms with Crippen LogP contribution in [0.25, 0.3) is 16.8 Å². The molecule has 0 saturated heterocycles. The number of carbonyl (C=O) groups excluding carboxylic acids is 2. The van der Waals surface area contributed by atoms with Crippen molar-refractivity contribution in [3.63, 3.8) is 0 Å². The summed E-state index contributed by atoms with van der Waals surface area (Å²) in [5, 5.41) is 6.46.